The molecule has 1 aliphatic heterocycles. The molecular weight excluding hydrogens is 513 g/mol. The van der Waals surface area contributed by atoms with Crippen LogP contribution in [0.15, 0.2) is 59.6 Å². The highest BCUT2D eigenvalue weighted by molar-refractivity contribution is 14.0. The van der Waals surface area contributed by atoms with Gasteiger partial charge in [-0.05, 0) is 43.4 Å². The number of ether oxygens (including phenoxy) is 2. The second-order valence-electron chi connectivity index (χ2n) is 8.27. The summed E-state index contributed by atoms with van der Waals surface area (Å²) in [5.74, 6) is 1.23. The van der Waals surface area contributed by atoms with Crippen LogP contribution in [0.1, 0.15) is 56.2 Å². The number of benzene rings is 2. The second-order valence-corrected chi connectivity index (χ2v) is 8.27. The fourth-order valence-corrected chi connectivity index (χ4v) is 3.75. The Kier molecular flexibility index (Phi) is 12.1. The first kappa shape index (κ1) is 26.6. The smallest absolute Gasteiger partial charge is 0.191 e. The highest BCUT2D eigenvalue weighted by Crippen LogP contribution is 2.18. The molecule has 2 aromatic rings. The minimum Gasteiger partial charge on any atom is -0.381 e. The van der Waals surface area contributed by atoms with E-state index in [1.54, 1.807) is 0 Å². The highest BCUT2D eigenvalue weighted by atomic mass is 127. The van der Waals surface area contributed by atoms with E-state index < -0.39 is 0 Å². The summed E-state index contributed by atoms with van der Waals surface area (Å²) in [5, 5.41) is 6.95. The van der Waals surface area contributed by atoms with Gasteiger partial charge in [0.05, 0.1) is 19.3 Å². The zero-order valence-corrected chi connectivity index (χ0v) is 21.9. The molecule has 0 saturated carbocycles. The summed E-state index contributed by atoms with van der Waals surface area (Å²) in [6.07, 6.45) is 2.29. The van der Waals surface area contributed by atoms with Crippen molar-refractivity contribution in [3.05, 3.63) is 71.3 Å². The standard InChI is InChI=1S/C26H37N3O2.HI/c1-4-27-26(29-21(3)20(2)24-11-6-5-7-12-24)28-18-22-9-8-10-23(17-22)19-31-25-13-15-30-16-14-25;/h5-12,17,20-21,25H,4,13-16,18-19H2,1-3H3,(H2,27,28,29);1H. The summed E-state index contributed by atoms with van der Waals surface area (Å²) in [5.41, 5.74) is 3.72. The van der Waals surface area contributed by atoms with Crippen LogP contribution in [0.4, 0.5) is 0 Å². The third-order valence-electron chi connectivity index (χ3n) is 5.85. The minimum atomic E-state index is 0. The Morgan fingerprint density at radius 2 is 1.78 bits per heavy atom. The van der Waals surface area contributed by atoms with Gasteiger partial charge in [0.2, 0.25) is 0 Å². The van der Waals surface area contributed by atoms with Crippen molar-refractivity contribution in [2.45, 2.75) is 64.8 Å². The van der Waals surface area contributed by atoms with Gasteiger partial charge >= 0.3 is 0 Å². The first-order valence-corrected chi connectivity index (χ1v) is 11.5. The van der Waals surface area contributed by atoms with Gasteiger partial charge in [0.1, 0.15) is 0 Å². The number of hydrogen-bond donors (Lipinski definition) is 2. The van der Waals surface area contributed by atoms with Crippen LogP contribution in [0.25, 0.3) is 0 Å². The van der Waals surface area contributed by atoms with Gasteiger partial charge < -0.3 is 20.1 Å². The topological polar surface area (TPSA) is 54.9 Å². The van der Waals surface area contributed by atoms with Gasteiger partial charge in [-0.1, -0.05) is 61.5 Å². The Morgan fingerprint density at radius 3 is 2.50 bits per heavy atom. The van der Waals surface area contributed by atoms with Crippen molar-refractivity contribution in [2.24, 2.45) is 4.99 Å². The number of nitrogens with zero attached hydrogens (tertiary/aromatic N) is 1. The molecule has 0 aliphatic carbocycles. The van der Waals surface area contributed by atoms with Crippen molar-refractivity contribution >= 4 is 29.9 Å². The van der Waals surface area contributed by atoms with Crippen molar-refractivity contribution in [1.29, 1.82) is 0 Å². The van der Waals surface area contributed by atoms with Crippen molar-refractivity contribution in [3.63, 3.8) is 0 Å². The average molecular weight is 552 g/mol. The Bertz CT molecular complexity index is 810. The number of guanidine groups is 1. The van der Waals surface area contributed by atoms with E-state index in [4.69, 9.17) is 14.5 Å². The van der Waals surface area contributed by atoms with Gasteiger partial charge in [-0.15, -0.1) is 24.0 Å². The van der Waals surface area contributed by atoms with Gasteiger partial charge in [0, 0.05) is 31.7 Å². The van der Waals surface area contributed by atoms with E-state index in [1.807, 2.05) is 0 Å². The summed E-state index contributed by atoms with van der Waals surface area (Å²) in [4.78, 5) is 4.83. The molecule has 3 rings (SSSR count). The number of nitrogens with one attached hydrogen (secondary N) is 2. The fraction of sp³-hybridized carbons (Fsp3) is 0.500. The van der Waals surface area contributed by atoms with Gasteiger partial charge in [0.25, 0.3) is 0 Å². The number of aliphatic imine (C=N–C) groups is 1. The van der Waals surface area contributed by atoms with Gasteiger partial charge in [-0.2, -0.15) is 0 Å². The predicted molar refractivity (Wildman–Crippen MR) is 143 cm³/mol. The predicted octanol–water partition coefficient (Wildman–Crippen LogP) is 5.25. The molecule has 0 amide bonds. The molecule has 2 unspecified atom stereocenters. The van der Waals surface area contributed by atoms with Crippen LogP contribution < -0.4 is 10.6 Å². The molecule has 1 aliphatic rings. The molecular formula is C26H38IN3O2. The summed E-state index contributed by atoms with van der Waals surface area (Å²) in [6, 6.07) is 19.4. The Hall–Kier alpha value is -1.64. The molecule has 2 atom stereocenters. The quantitative estimate of drug-likeness (QED) is 0.254. The van der Waals surface area contributed by atoms with Crippen LogP contribution >= 0.6 is 24.0 Å². The molecule has 0 spiro atoms. The van der Waals surface area contributed by atoms with Crippen molar-refractivity contribution < 1.29 is 9.47 Å². The van der Waals surface area contributed by atoms with Crippen LogP contribution in [-0.4, -0.2) is 37.9 Å². The lowest BCUT2D eigenvalue weighted by atomic mass is 9.94. The molecule has 6 heteroatoms. The third-order valence-corrected chi connectivity index (χ3v) is 5.85. The van der Waals surface area contributed by atoms with Crippen LogP contribution in [0.5, 0.6) is 0 Å². The number of rotatable bonds is 9. The minimum absolute atomic E-state index is 0. The maximum atomic E-state index is 6.07. The third kappa shape index (κ3) is 8.71. The molecule has 0 radical (unpaired) electrons. The van der Waals surface area contributed by atoms with E-state index in [9.17, 15) is 0 Å². The lowest BCUT2D eigenvalue weighted by Crippen LogP contribution is -2.44. The van der Waals surface area contributed by atoms with Crippen LogP contribution in [0.3, 0.4) is 0 Å². The van der Waals surface area contributed by atoms with Crippen LogP contribution in [-0.2, 0) is 22.6 Å². The Morgan fingerprint density at radius 1 is 1.06 bits per heavy atom. The first-order valence-electron chi connectivity index (χ1n) is 11.5. The van der Waals surface area contributed by atoms with Crippen molar-refractivity contribution in [2.75, 3.05) is 19.8 Å². The van der Waals surface area contributed by atoms with Gasteiger partial charge in [0.15, 0.2) is 5.96 Å². The molecule has 176 valence electrons. The van der Waals surface area contributed by atoms with E-state index in [2.05, 4.69) is 86.0 Å². The van der Waals surface area contributed by atoms with E-state index >= 15 is 0 Å². The summed E-state index contributed by atoms with van der Waals surface area (Å²) >= 11 is 0. The zero-order valence-electron chi connectivity index (χ0n) is 19.5. The van der Waals surface area contributed by atoms with Crippen molar-refractivity contribution in [1.82, 2.24) is 10.6 Å². The molecule has 32 heavy (non-hydrogen) atoms. The highest BCUT2D eigenvalue weighted by Gasteiger charge is 2.16. The molecule has 2 aromatic carbocycles. The van der Waals surface area contributed by atoms with Crippen molar-refractivity contribution in [3.8, 4) is 0 Å². The zero-order chi connectivity index (χ0) is 21.9. The molecule has 0 aromatic heterocycles. The Balaban J connectivity index is 0.00000363. The lowest BCUT2D eigenvalue weighted by molar-refractivity contribution is -0.0390. The lowest BCUT2D eigenvalue weighted by Gasteiger charge is -2.24. The van der Waals surface area contributed by atoms with E-state index in [1.165, 1.54) is 16.7 Å². The molecule has 1 heterocycles. The maximum absolute atomic E-state index is 6.07. The van der Waals surface area contributed by atoms with Gasteiger partial charge in [-0.3, -0.25) is 0 Å². The van der Waals surface area contributed by atoms with Crippen LogP contribution in [0.2, 0.25) is 0 Å². The van der Waals surface area contributed by atoms with Crippen LogP contribution in [0, 0.1) is 0 Å². The summed E-state index contributed by atoms with van der Waals surface area (Å²) < 4.78 is 11.5. The van der Waals surface area contributed by atoms with E-state index in [-0.39, 0.29) is 30.0 Å². The molecule has 1 fully saturated rings. The second kappa shape index (κ2) is 14.5. The van der Waals surface area contributed by atoms with E-state index in [0.29, 0.717) is 25.2 Å². The number of hydrogen-bond acceptors (Lipinski definition) is 3. The Labute approximate surface area is 210 Å². The van der Waals surface area contributed by atoms with E-state index in [0.717, 1.165) is 38.6 Å². The average Bonchev–Trinajstić information content (AvgIpc) is 2.82. The molecule has 2 N–H and O–H groups in total. The normalized spacial score (nSPS) is 16.7. The fourth-order valence-electron chi connectivity index (χ4n) is 3.75. The largest absolute Gasteiger partial charge is 0.381 e. The molecule has 1 saturated heterocycles. The summed E-state index contributed by atoms with van der Waals surface area (Å²) in [7, 11) is 0. The first-order chi connectivity index (χ1) is 15.2. The molecule has 0 bridgehead atoms. The SMILES string of the molecule is CCNC(=NCc1cccc(COC2CCOCC2)c1)NC(C)C(C)c1ccccc1.I. The monoisotopic (exact) mass is 551 g/mol. The van der Waals surface area contributed by atoms with Gasteiger partial charge in [-0.25, -0.2) is 4.99 Å². The summed E-state index contributed by atoms with van der Waals surface area (Å²) in [6.45, 7) is 10.3. The molecule has 5 nitrogen and oxygen atoms in total. The number of halogens is 1. The maximum Gasteiger partial charge on any atom is 0.191 e.